The van der Waals surface area contributed by atoms with Crippen LogP contribution < -0.4 is 0 Å². The maximum atomic E-state index is 2.38. The highest BCUT2D eigenvalue weighted by molar-refractivity contribution is 5.79. The Bertz CT molecular complexity index is 1270. The molecule has 0 amide bonds. The first kappa shape index (κ1) is 22.7. The lowest BCUT2D eigenvalue weighted by atomic mass is 9.99. The topological polar surface area (TPSA) is 0 Å². The van der Waals surface area contributed by atoms with Gasteiger partial charge >= 0.3 is 0 Å². The van der Waals surface area contributed by atoms with E-state index < -0.39 is 0 Å². The second-order valence-corrected chi connectivity index (χ2v) is 9.69. The zero-order chi connectivity index (χ0) is 23.7. The Labute approximate surface area is 205 Å². The number of benzene rings is 4. The van der Waals surface area contributed by atoms with Crippen molar-refractivity contribution in [2.45, 2.75) is 66.2 Å². The summed E-state index contributed by atoms with van der Waals surface area (Å²) in [6.45, 7) is 8.91. The zero-order valence-corrected chi connectivity index (χ0v) is 21.2. The van der Waals surface area contributed by atoms with Crippen LogP contribution in [0.4, 0.5) is 0 Å². The van der Waals surface area contributed by atoms with E-state index in [0.717, 1.165) is 38.5 Å². The molecule has 0 atom stereocenters. The van der Waals surface area contributed by atoms with Crippen LogP contribution in [0.5, 0.6) is 0 Å². The summed E-state index contributed by atoms with van der Waals surface area (Å²) in [6.07, 6.45) is 6.73. The van der Waals surface area contributed by atoms with Crippen molar-refractivity contribution in [2.75, 3.05) is 0 Å². The fourth-order valence-electron chi connectivity index (χ4n) is 5.57. The van der Waals surface area contributed by atoms with Crippen LogP contribution in [-0.4, -0.2) is 0 Å². The fraction of sp³-hybridized carbons (Fsp3) is 0.294. The van der Waals surface area contributed by atoms with Crippen LogP contribution >= 0.6 is 0 Å². The molecule has 0 saturated carbocycles. The van der Waals surface area contributed by atoms with Gasteiger partial charge in [0.05, 0.1) is 0 Å². The third kappa shape index (κ3) is 4.11. The Morgan fingerprint density at radius 2 is 0.941 bits per heavy atom. The summed E-state index contributed by atoms with van der Waals surface area (Å²) in [6, 6.07) is 27.6. The van der Waals surface area contributed by atoms with Crippen molar-refractivity contribution in [3.8, 4) is 22.3 Å². The van der Waals surface area contributed by atoms with Gasteiger partial charge in [-0.15, -0.1) is 0 Å². The summed E-state index contributed by atoms with van der Waals surface area (Å²) in [5.41, 5.74) is 17.7. The highest BCUT2D eigenvalue weighted by Crippen LogP contribution is 2.39. The molecule has 34 heavy (non-hydrogen) atoms. The molecule has 0 heterocycles. The van der Waals surface area contributed by atoms with Gasteiger partial charge in [0.15, 0.2) is 0 Å². The Balaban J connectivity index is 0.000000142. The van der Waals surface area contributed by atoms with Crippen molar-refractivity contribution in [1.82, 2.24) is 0 Å². The molecular formula is C34H36. The van der Waals surface area contributed by atoms with Crippen molar-refractivity contribution < 1.29 is 0 Å². The van der Waals surface area contributed by atoms with E-state index in [2.05, 4.69) is 100 Å². The van der Waals surface area contributed by atoms with E-state index in [-0.39, 0.29) is 0 Å². The Hall–Kier alpha value is -3.12. The van der Waals surface area contributed by atoms with Gasteiger partial charge in [0.2, 0.25) is 0 Å². The lowest BCUT2D eigenvalue weighted by Gasteiger charge is -2.06. The number of fused-ring (bicyclic) bond motifs is 6. The summed E-state index contributed by atoms with van der Waals surface area (Å²) in [5, 5.41) is 0. The molecule has 0 heteroatoms. The number of rotatable bonds is 4. The van der Waals surface area contributed by atoms with Gasteiger partial charge in [-0.3, -0.25) is 0 Å². The average Bonchev–Trinajstić information content (AvgIpc) is 3.45. The Morgan fingerprint density at radius 3 is 1.41 bits per heavy atom. The molecular weight excluding hydrogens is 408 g/mol. The van der Waals surface area contributed by atoms with E-state index >= 15 is 0 Å². The maximum Gasteiger partial charge on any atom is -0.00107 e. The second kappa shape index (κ2) is 9.63. The summed E-state index contributed by atoms with van der Waals surface area (Å²) in [4.78, 5) is 0. The molecule has 4 aromatic rings. The van der Waals surface area contributed by atoms with Crippen molar-refractivity contribution >= 4 is 0 Å². The smallest absolute Gasteiger partial charge is 0.00107 e. The van der Waals surface area contributed by atoms with Crippen molar-refractivity contribution in [1.29, 1.82) is 0 Å². The largest absolute Gasteiger partial charge is 0.0614 e. The van der Waals surface area contributed by atoms with Crippen LogP contribution in [0, 0.1) is 0 Å². The van der Waals surface area contributed by atoms with E-state index in [4.69, 9.17) is 0 Å². The summed E-state index contributed by atoms with van der Waals surface area (Å²) in [5.74, 6) is 0. The van der Waals surface area contributed by atoms with Gasteiger partial charge in [0.1, 0.15) is 0 Å². The first-order valence-corrected chi connectivity index (χ1v) is 13.1. The molecule has 0 radical (unpaired) electrons. The minimum absolute atomic E-state index is 1.11. The molecule has 0 spiro atoms. The standard InChI is InChI=1S/2C17H18/c1-3-12-5-7-14-11-15-8-6-13(4-2)10-17(15)16(14)9-12;1-3-12-8-9-14-11-17-13(4-2)6-5-7-15(17)16(14)10-12/h2*5-10H,3-4,11H2,1-2H3. The molecule has 0 nitrogen and oxygen atoms in total. The van der Waals surface area contributed by atoms with Crippen LogP contribution in [0.3, 0.4) is 0 Å². The molecule has 0 unspecified atom stereocenters. The summed E-state index contributed by atoms with van der Waals surface area (Å²) in [7, 11) is 0. The quantitative estimate of drug-likeness (QED) is 0.255. The van der Waals surface area contributed by atoms with E-state index in [0.29, 0.717) is 0 Å². The van der Waals surface area contributed by atoms with Gasteiger partial charge in [0.25, 0.3) is 0 Å². The highest BCUT2D eigenvalue weighted by Gasteiger charge is 2.20. The third-order valence-corrected chi connectivity index (χ3v) is 7.73. The average molecular weight is 445 g/mol. The van der Waals surface area contributed by atoms with Crippen molar-refractivity contribution in [3.05, 3.63) is 117 Å². The van der Waals surface area contributed by atoms with Crippen molar-refractivity contribution in [2.24, 2.45) is 0 Å². The van der Waals surface area contributed by atoms with Gasteiger partial charge in [-0.1, -0.05) is 100 Å². The van der Waals surface area contributed by atoms with Crippen molar-refractivity contribution in [3.63, 3.8) is 0 Å². The molecule has 172 valence electrons. The molecule has 0 saturated heterocycles. The third-order valence-electron chi connectivity index (χ3n) is 7.73. The van der Waals surface area contributed by atoms with Crippen LogP contribution in [0.25, 0.3) is 22.3 Å². The van der Waals surface area contributed by atoms with Crippen LogP contribution in [-0.2, 0) is 38.5 Å². The van der Waals surface area contributed by atoms with Gasteiger partial charge in [0, 0.05) is 0 Å². The predicted octanol–water partition coefficient (Wildman–Crippen LogP) is 8.77. The summed E-state index contributed by atoms with van der Waals surface area (Å²) < 4.78 is 0. The van der Waals surface area contributed by atoms with Gasteiger partial charge in [-0.25, -0.2) is 0 Å². The molecule has 0 aromatic heterocycles. The fourth-order valence-corrected chi connectivity index (χ4v) is 5.57. The first-order valence-electron chi connectivity index (χ1n) is 13.1. The zero-order valence-electron chi connectivity index (χ0n) is 21.2. The number of aryl methyl sites for hydroxylation is 4. The normalized spacial score (nSPS) is 12.4. The Morgan fingerprint density at radius 1 is 0.471 bits per heavy atom. The second-order valence-electron chi connectivity index (χ2n) is 9.69. The van der Waals surface area contributed by atoms with Gasteiger partial charge < -0.3 is 0 Å². The van der Waals surface area contributed by atoms with Gasteiger partial charge in [-0.05, 0) is 105 Å². The molecule has 2 aliphatic rings. The van der Waals surface area contributed by atoms with Crippen LogP contribution in [0.15, 0.2) is 72.8 Å². The van der Waals surface area contributed by atoms with E-state index in [9.17, 15) is 0 Å². The van der Waals surface area contributed by atoms with Gasteiger partial charge in [-0.2, -0.15) is 0 Å². The van der Waals surface area contributed by atoms with E-state index in [1.807, 2.05) is 0 Å². The lowest BCUT2D eigenvalue weighted by Crippen LogP contribution is -1.89. The monoisotopic (exact) mass is 444 g/mol. The molecule has 0 N–H and O–H groups in total. The molecule has 0 aliphatic heterocycles. The predicted molar refractivity (Wildman–Crippen MR) is 147 cm³/mol. The molecule has 4 aromatic carbocycles. The van der Waals surface area contributed by atoms with Crippen LogP contribution in [0.2, 0.25) is 0 Å². The Kier molecular flexibility index (Phi) is 6.42. The minimum atomic E-state index is 1.11. The first-order chi connectivity index (χ1) is 16.6. The number of hydrogen-bond acceptors (Lipinski definition) is 0. The SMILES string of the molecule is CCc1ccc2c(c1)-c1cc(CC)ccc1C2.CCc1ccc2c(c1)-c1cccc(CC)c1C2. The van der Waals surface area contributed by atoms with E-state index in [1.54, 1.807) is 5.56 Å². The van der Waals surface area contributed by atoms with Crippen LogP contribution in [0.1, 0.15) is 72.2 Å². The van der Waals surface area contributed by atoms with E-state index in [1.165, 1.54) is 61.2 Å². The molecule has 2 aliphatic carbocycles. The molecule has 0 fully saturated rings. The molecule has 0 bridgehead atoms. The number of hydrogen-bond donors (Lipinski definition) is 0. The minimum Gasteiger partial charge on any atom is -0.0614 e. The summed E-state index contributed by atoms with van der Waals surface area (Å²) >= 11 is 0. The molecule has 6 rings (SSSR count). The lowest BCUT2D eigenvalue weighted by molar-refractivity contribution is 1.08. The maximum absolute atomic E-state index is 2.38. The highest BCUT2D eigenvalue weighted by atomic mass is 14.2.